The van der Waals surface area contributed by atoms with E-state index < -0.39 is 10.0 Å². The predicted molar refractivity (Wildman–Crippen MR) is 99.8 cm³/mol. The van der Waals surface area contributed by atoms with Crippen LogP contribution in [-0.4, -0.2) is 31.1 Å². The number of rotatable bonds is 5. The molecule has 1 aliphatic heterocycles. The minimum atomic E-state index is -3.84. The van der Waals surface area contributed by atoms with Gasteiger partial charge in [0.25, 0.3) is 15.9 Å². The number of amides is 1. The molecule has 0 saturated carbocycles. The molecule has 1 amide bonds. The highest BCUT2D eigenvalue weighted by molar-refractivity contribution is 7.92. The van der Waals surface area contributed by atoms with Gasteiger partial charge in [-0.1, -0.05) is 0 Å². The zero-order valence-electron chi connectivity index (χ0n) is 14.3. The molecule has 9 nitrogen and oxygen atoms in total. The van der Waals surface area contributed by atoms with E-state index in [1.165, 1.54) is 36.7 Å². The van der Waals surface area contributed by atoms with E-state index in [2.05, 4.69) is 20.0 Å². The molecule has 10 heteroatoms. The van der Waals surface area contributed by atoms with E-state index in [9.17, 15) is 13.2 Å². The van der Waals surface area contributed by atoms with Crippen molar-refractivity contribution in [3.8, 4) is 11.5 Å². The van der Waals surface area contributed by atoms with Crippen LogP contribution >= 0.6 is 0 Å². The maximum atomic E-state index is 12.4. The Morgan fingerprint density at radius 2 is 1.68 bits per heavy atom. The quantitative estimate of drug-likeness (QED) is 0.676. The summed E-state index contributed by atoms with van der Waals surface area (Å²) in [7, 11) is -3.84. The van der Waals surface area contributed by atoms with Crippen molar-refractivity contribution >= 4 is 27.6 Å². The fourth-order valence-electron chi connectivity index (χ4n) is 2.49. The van der Waals surface area contributed by atoms with Crippen LogP contribution in [0.25, 0.3) is 0 Å². The molecule has 2 heterocycles. The summed E-state index contributed by atoms with van der Waals surface area (Å²) in [4.78, 5) is 20.1. The first-order valence-corrected chi connectivity index (χ1v) is 9.60. The van der Waals surface area contributed by atoms with Gasteiger partial charge in [-0.25, -0.2) is 23.1 Å². The van der Waals surface area contributed by atoms with Gasteiger partial charge in [0.2, 0.25) is 12.7 Å². The van der Waals surface area contributed by atoms with Crippen molar-refractivity contribution in [3.63, 3.8) is 0 Å². The number of ether oxygens (including phenoxy) is 2. The number of hydrogen-bond acceptors (Lipinski definition) is 7. The van der Waals surface area contributed by atoms with Crippen molar-refractivity contribution in [1.29, 1.82) is 0 Å². The van der Waals surface area contributed by atoms with E-state index in [1.807, 2.05) is 0 Å². The summed E-state index contributed by atoms with van der Waals surface area (Å²) in [5, 5.41) is 2.70. The second-order valence-electron chi connectivity index (χ2n) is 5.72. The normalized spacial score (nSPS) is 12.4. The topological polar surface area (TPSA) is 120 Å². The zero-order valence-corrected chi connectivity index (χ0v) is 15.1. The van der Waals surface area contributed by atoms with Crippen molar-refractivity contribution in [3.05, 3.63) is 66.5 Å². The predicted octanol–water partition coefficient (Wildman–Crippen LogP) is 2.26. The average molecular weight is 398 g/mol. The number of benzene rings is 2. The molecule has 1 aliphatic rings. The molecule has 1 aromatic heterocycles. The lowest BCUT2D eigenvalue weighted by Gasteiger charge is -2.09. The summed E-state index contributed by atoms with van der Waals surface area (Å²) in [5.74, 6) is 0.705. The number of carbonyl (C=O) groups excluding carboxylic acids is 1. The first-order valence-electron chi connectivity index (χ1n) is 8.12. The summed E-state index contributed by atoms with van der Waals surface area (Å²) in [6, 6.07) is 12.2. The van der Waals surface area contributed by atoms with E-state index in [0.29, 0.717) is 22.7 Å². The van der Waals surface area contributed by atoms with Crippen molar-refractivity contribution in [2.75, 3.05) is 16.8 Å². The molecule has 0 aliphatic carbocycles. The number of carbonyl (C=O) groups is 1. The third kappa shape index (κ3) is 3.71. The molecule has 2 N–H and O–H groups in total. The molecule has 142 valence electrons. The molecule has 0 spiro atoms. The van der Waals surface area contributed by atoms with Crippen LogP contribution in [0.4, 0.5) is 11.6 Å². The molecule has 0 saturated heterocycles. The number of hydrogen-bond donors (Lipinski definition) is 2. The van der Waals surface area contributed by atoms with E-state index in [-0.39, 0.29) is 23.5 Å². The third-order valence-electron chi connectivity index (χ3n) is 3.85. The van der Waals surface area contributed by atoms with Gasteiger partial charge in [0.1, 0.15) is 0 Å². The van der Waals surface area contributed by atoms with Gasteiger partial charge >= 0.3 is 0 Å². The maximum Gasteiger partial charge on any atom is 0.264 e. The molecule has 28 heavy (non-hydrogen) atoms. The van der Waals surface area contributed by atoms with Crippen molar-refractivity contribution in [2.24, 2.45) is 0 Å². The van der Waals surface area contributed by atoms with Gasteiger partial charge in [0, 0.05) is 23.6 Å². The number of nitrogens with zero attached hydrogens (tertiary/aromatic N) is 2. The van der Waals surface area contributed by atoms with Crippen molar-refractivity contribution in [1.82, 2.24) is 9.97 Å². The number of fused-ring (bicyclic) bond motifs is 1. The smallest absolute Gasteiger partial charge is 0.264 e. The largest absolute Gasteiger partial charge is 0.454 e. The highest BCUT2D eigenvalue weighted by atomic mass is 32.2. The molecular weight excluding hydrogens is 384 g/mol. The molecular formula is C18H14N4O5S. The van der Waals surface area contributed by atoms with Crippen LogP contribution in [0.1, 0.15) is 10.4 Å². The van der Waals surface area contributed by atoms with Crippen LogP contribution in [0.5, 0.6) is 11.5 Å². The zero-order chi connectivity index (χ0) is 19.6. The first kappa shape index (κ1) is 17.7. The monoisotopic (exact) mass is 398 g/mol. The van der Waals surface area contributed by atoms with Crippen molar-refractivity contribution < 1.29 is 22.7 Å². The summed E-state index contributed by atoms with van der Waals surface area (Å²) in [6.07, 6.45) is 2.86. The standard InChI is InChI=1S/C18H14N4O5S/c23-17(12-2-7-15-16(10-12)27-11-26-15)21-13-3-5-14(6-4-13)28(24,25)22-18-19-8-1-9-20-18/h1-10H,11H2,(H,21,23)(H,19,20,22). The van der Waals surface area contributed by atoms with E-state index in [1.54, 1.807) is 24.3 Å². The Balaban J connectivity index is 1.46. The molecule has 3 aromatic rings. The van der Waals surface area contributed by atoms with Crippen LogP contribution in [0.15, 0.2) is 65.8 Å². The Morgan fingerprint density at radius 3 is 2.43 bits per heavy atom. The Labute approximate surface area is 160 Å². The van der Waals surface area contributed by atoms with E-state index >= 15 is 0 Å². The third-order valence-corrected chi connectivity index (χ3v) is 5.19. The number of sulfonamides is 1. The molecule has 2 aromatic carbocycles. The lowest BCUT2D eigenvalue weighted by atomic mass is 10.2. The second kappa shape index (κ2) is 7.16. The number of nitrogens with one attached hydrogen (secondary N) is 2. The maximum absolute atomic E-state index is 12.4. The Kier molecular flexibility index (Phi) is 4.53. The highest BCUT2D eigenvalue weighted by Crippen LogP contribution is 2.32. The van der Waals surface area contributed by atoms with Crippen LogP contribution < -0.4 is 19.5 Å². The fourth-order valence-corrected chi connectivity index (χ4v) is 3.45. The molecule has 0 atom stereocenters. The molecule has 4 rings (SSSR count). The Hall–Kier alpha value is -3.66. The molecule has 0 bridgehead atoms. The van der Waals surface area contributed by atoms with Gasteiger partial charge < -0.3 is 14.8 Å². The SMILES string of the molecule is O=C(Nc1ccc(S(=O)(=O)Nc2ncccn2)cc1)c1ccc2c(c1)OCO2. The van der Waals surface area contributed by atoms with Crippen LogP contribution in [0.3, 0.4) is 0 Å². The molecule has 0 fully saturated rings. The van der Waals surface area contributed by atoms with Gasteiger partial charge in [-0.05, 0) is 48.5 Å². The molecule has 0 unspecified atom stereocenters. The lowest BCUT2D eigenvalue weighted by Crippen LogP contribution is -2.15. The van der Waals surface area contributed by atoms with Crippen LogP contribution in [0.2, 0.25) is 0 Å². The van der Waals surface area contributed by atoms with Gasteiger partial charge in [0.15, 0.2) is 11.5 Å². The summed E-state index contributed by atoms with van der Waals surface area (Å²) < 4.78 is 37.5. The highest BCUT2D eigenvalue weighted by Gasteiger charge is 2.18. The summed E-state index contributed by atoms with van der Waals surface area (Å²) >= 11 is 0. The van der Waals surface area contributed by atoms with Gasteiger partial charge in [-0.3, -0.25) is 4.79 Å². The van der Waals surface area contributed by atoms with Crippen molar-refractivity contribution in [2.45, 2.75) is 4.90 Å². The molecule has 0 radical (unpaired) electrons. The van der Waals surface area contributed by atoms with Gasteiger partial charge in [0.05, 0.1) is 4.90 Å². The minimum absolute atomic E-state index is 0.0148. The van der Waals surface area contributed by atoms with E-state index in [4.69, 9.17) is 9.47 Å². The fraction of sp³-hybridized carbons (Fsp3) is 0.0556. The first-order chi connectivity index (χ1) is 13.5. The Bertz CT molecular complexity index is 1120. The van der Waals surface area contributed by atoms with Gasteiger partial charge in [-0.2, -0.15) is 0 Å². The summed E-state index contributed by atoms with van der Waals surface area (Å²) in [5.41, 5.74) is 0.835. The summed E-state index contributed by atoms with van der Waals surface area (Å²) in [6.45, 7) is 0.123. The minimum Gasteiger partial charge on any atom is -0.454 e. The lowest BCUT2D eigenvalue weighted by molar-refractivity contribution is 0.102. The van der Waals surface area contributed by atoms with E-state index in [0.717, 1.165) is 0 Å². The van der Waals surface area contributed by atoms with Crippen LogP contribution in [-0.2, 0) is 10.0 Å². The second-order valence-corrected chi connectivity index (χ2v) is 7.41. The van der Waals surface area contributed by atoms with Crippen LogP contribution in [0, 0.1) is 0 Å². The number of anilines is 2. The van der Waals surface area contributed by atoms with Gasteiger partial charge in [-0.15, -0.1) is 0 Å². The average Bonchev–Trinajstić information content (AvgIpc) is 3.16. The number of aromatic nitrogens is 2. The Morgan fingerprint density at radius 1 is 0.964 bits per heavy atom.